The van der Waals surface area contributed by atoms with E-state index in [9.17, 15) is 9.59 Å². The number of hydrogen-bond acceptors (Lipinski definition) is 4. The second-order valence-corrected chi connectivity index (χ2v) is 6.85. The van der Waals surface area contributed by atoms with Gasteiger partial charge >= 0.3 is 0 Å². The zero-order chi connectivity index (χ0) is 16.6. The molecule has 0 spiro atoms. The Morgan fingerprint density at radius 1 is 1.22 bits per heavy atom. The highest BCUT2D eigenvalue weighted by Crippen LogP contribution is 2.23. The number of aryl methyl sites for hydroxylation is 1. The van der Waals surface area contributed by atoms with E-state index in [1.807, 2.05) is 32.0 Å². The molecule has 0 saturated carbocycles. The highest BCUT2D eigenvalue weighted by atomic mass is 32.1. The Balaban J connectivity index is 2.49. The van der Waals surface area contributed by atoms with E-state index < -0.39 is 0 Å². The molecule has 1 atom stereocenters. The lowest BCUT2D eigenvalue weighted by atomic mass is 10.2. The van der Waals surface area contributed by atoms with Gasteiger partial charge in [-0.15, -0.1) is 11.3 Å². The molecule has 0 radical (unpaired) electrons. The van der Waals surface area contributed by atoms with Crippen LogP contribution in [0.25, 0.3) is 20.3 Å². The van der Waals surface area contributed by atoms with Crippen molar-refractivity contribution in [1.82, 2.24) is 9.55 Å². The first-order valence-electron chi connectivity index (χ1n) is 8.05. The number of aromatic nitrogens is 2. The van der Waals surface area contributed by atoms with Gasteiger partial charge < -0.3 is 0 Å². The molecule has 5 heteroatoms. The predicted molar refractivity (Wildman–Crippen MR) is 96.7 cm³/mol. The molecule has 0 saturated heterocycles. The molecular weight excluding hydrogens is 308 g/mol. The van der Waals surface area contributed by atoms with Gasteiger partial charge in [-0.25, -0.2) is 4.98 Å². The van der Waals surface area contributed by atoms with E-state index in [0.717, 1.165) is 29.8 Å². The minimum atomic E-state index is -0.202. The Hall–Kier alpha value is -2.01. The van der Waals surface area contributed by atoms with E-state index >= 15 is 0 Å². The first-order chi connectivity index (χ1) is 11.1. The normalized spacial score (nSPS) is 12.8. The van der Waals surface area contributed by atoms with Crippen LogP contribution in [0.5, 0.6) is 0 Å². The second kappa shape index (κ2) is 6.24. The fourth-order valence-corrected chi connectivity index (χ4v) is 3.90. The average Bonchev–Trinajstić information content (AvgIpc) is 2.54. The third-order valence-corrected chi connectivity index (χ3v) is 5.29. The van der Waals surface area contributed by atoms with Crippen LogP contribution in [0, 0.1) is 0 Å². The summed E-state index contributed by atoms with van der Waals surface area (Å²) in [6.07, 6.45) is 2.48. The number of hydrogen-bond donors (Lipinski definition) is 0. The lowest BCUT2D eigenvalue weighted by molar-refractivity contribution is 0.485. The molecule has 3 aromatic rings. The monoisotopic (exact) mass is 328 g/mol. The van der Waals surface area contributed by atoms with Crippen LogP contribution in [0.4, 0.5) is 0 Å². The van der Waals surface area contributed by atoms with Crippen LogP contribution in [0.3, 0.4) is 0 Å². The van der Waals surface area contributed by atoms with Gasteiger partial charge in [0.25, 0.3) is 5.56 Å². The van der Waals surface area contributed by atoms with Crippen LogP contribution in [-0.2, 0) is 6.42 Å². The van der Waals surface area contributed by atoms with Crippen LogP contribution >= 0.6 is 11.3 Å². The SMILES string of the molecule is CCCc1nc2sc3ccccc3c(=O)c2c(=O)n1[C@@H](C)CC. The van der Waals surface area contributed by atoms with Gasteiger partial charge in [-0.05, 0) is 31.9 Å². The molecule has 2 aromatic heterocycles. The summed E-state index contributed by atoms with van der Waals surface area (Å²) in [6.45, 7) is 6.11. The standard InChI is InChI=1S/C18H20N2O2S/c1-4-8-14-19-17-15(18(22)20(14)11(3)5-2)16(21)12-9-6-7-10-13(12)23-17/h6-7,9-11H,4-5,8H2,1-3H3/t11-/m0/s1. The van der Waals surface area contributed by atoms with Crippen molar-refractivity contribution in [3.63, 3.8) is 0 Å². The Bertz CT molecular complexity index is 988. The molecule has 0 aliphatic rings. The summed E-state index contributed by atoms with van der Waals surface area (Å²) in [4.78, 5) is 31.1. The fraction of sp³-hybridized carbons (Fsp3) is 0.389. The average molecular weight is 328 g/mol. The van der Waals surface area contributed by atoms with Crippen LogP contribution in [0.15, 0.2) is 33.9 Å². The largest absolute Gasteiger partial charge is 0.293 e. The summed E-state index contributed by atoms with van der Waals surface area (Å²) in [5, 5.41) is 0.830. The van der Waals surface area contributed by atoms with Gasteiger partial charge in [0, 0.05) is 22.5 Å². The van der Waals surface area contributed by atoms with Gasteiger partial charge in [-0.2, -0.15) is 0 Å². The topological polar surface area (TPSA) is 52.0 Å². The molecule has 0 aliphatic carbocycles. The van der Waals surface area contributed by atoms with Crippen molar-refractivity contribution in [2.45, 2.75) is 46.1 Å². The molecular formula is C18H20N2O2S. The van der Waals surface area contributed by atoms with Crippen LogP contribution in [-0.4, -0.2) is 9.55 Å². The van der Waals surface area contributed by atoms with Crippen molar-refractivity contribution >= 4 is 31.6 Å². The van der Waals surface area contributed by atoms with E-state index in [2.05, 4.69) is 11.9 Å². The van der Waals surface area contributed by atoms with Crippen molar-refractivity contribution in [1.29, 1.82) is 0 Å². The van der Waals surface area contributed by atoms with Crippen molar-refractivity contribution in [3.05, 3.63) is 50.7 Å². The summed E-state index contributed by atoms with van der Waals surface area (Å²) in [7, 11) is 0. The second-order valence-electron chi connectivity index (χ2n) is 5.82. The summed E-state index contributed by atoms with van der Waals surface area (Å²) < 4.78 is 2.59. The van der Waals surface area contributed by atoms with Crippen LogP contribution in [0.2, 0.25) is 0 Å². The van der Waals surface area contributed by atoms with Gasteiger partial charge in [0.15, 0.2) is 0 Å². The molecule has 23 heavy (non-hydrogen) atoms. The summed E-state index contributed by atoms with van der Waals surface area (Å²) in [6, 6.07) is 7.45. The van der Waals surface area contributed by atoms with Crippen LogP contribution < -0.4 is 11.0 Å². The van der Waals surface area contributed by atoms with Gasteiger partial charge in [0.1, 0.15) is 16.0 Å². The van der Waals surface area contributed by atoms with E-state index in [1.54, 1.807) is 10.6 Å². The number of rotatable bonds is 4. The molecule has 0 amide bonds. The number of fused-ring (bicyclic) bond motifs is 2. The van der Waals surface area contributed by atoms with E-state index in [1.165, 1.54) is 11.3 Å². The number of benzene rings is 1. The van der Waals surface area contributed by atoms with Crippen molar-refractivity contribution in [2.75, 3.05) is 0 Å². The minimum Gasteiger partial charge on any atom is -0.293 e. The van der Waals surface area contributed by atoms with E-state index in [4.69, 9.17) is 0 Å². The third kappa shape index (κ3) is 2.59. The van der Waals surface area contributed by atoms with Crippen LogP contribution in [0.1, 0.15) is 45.5 Å². The first-order valence-corrected chi connectivity index (χ1v) is 8.87. The molecule has 0 aliphatic heterocycles. The lowest BCUT2D eigenvalue weighted by Crippen LogP contribution is -2.30. The Kier molecular flexibility index (Phi) is 4.31. The molecule has 0 fully saturated rings. The molecule has 4 nitrogen and oxygen atoms in total. The smallest absolute Gasteiger partial charge is 0.266 e. The first kappa shape index (κ1) is 15.9. The Labute approximate surface area is 138 Å². The molecule has 0 unspecified atom stereocenters. The Morgan fingerprint density at radius 2 is 1.96 bits per heavy atom. The maximum absolute atomic E-state index is 13.0. The van der Waals surface area contributed by atoms with Crippen molar-refractivity contribution < 1.29 is 0 Å². The molecule has 120 valence electrons. The van der Waals surface area contributed by atoms with Gasteiger partial charge in [0.2, 0.25) is 5.43 Å². The van der Waals surface area contributed by atoms with Crippen molar-refractivity contribution in [3.8, 4) is 0 Å². The molecule has 0 N–H and O–H groups in total. The summed E-state index contributed by atoms with van der Waals surface area (Å²) >= 11 is 1.42. The zero-order valence-electron chi connectivity index (χ0n) is 13.6. The van der Waals surface area contributed by atoms with Gasteiger partial charge in [-0.1, -0.05) is 26.0 Å². The third-order valence-electron chi connectivity index (χ3n) is 4.23. The number of nitrogens with zero attached hydrogens (tertiary/aromatic N) is 2. The Morgan fingerprint density at radius 3 is 2.65 bits per heavy atom. The summed E-state index contributed by atoms with van der Waals surface area (Å²) in [5.74, 6) is 0.783. The van der Waals surface area contributed by atoms with Crippen molar-refractivity contribution in [2.24, 2.45) is 0 Å². The lowest BCUT2D eigenvalue weighted by Gasteiger charge is -2.18. The molecule has 3 rings (SSSR count). The summed E-state index contributed by atoms with van der Waals surface area (Å²) in [5.41, 5.74) is -0.397. The molecule has 1 aromatic carbocycles. The maximum atomic E-state index is 13.0. The van der Waals surface area contributed by atoms with Gasteiger partial charge in [0.05, 0.1) is 0 Å². The highest BCUT2D eigenvalue weighted by Gasteiger charge is 2.18. The van der Waals surface area contributed by atoms with Gasteiger partial charge in [-0.3, -0.25) is 14.2 Å². The minimum absolute atomic E-state index is 0.0387. The zero-order valence-corrected chi connectivity index (χ0v) is 14.4. The molecule has 2 heterocycles. The van der Waals surface area contributed by atoms with E-state index in [0.29, 0.717) is 10.2 Å². The molecule has 0 bridgehead atoms. The quantitative estimate of drug-likeness (QED) is 0.683. The maximum Gasteiger partial charge on any atom is 0.266 e. The highest BCUT2D eigenvalue weighted by molar-refractivity contribution is 7.24. The van der Waals surface area contributed by atoms with E-state index in [-0.39, 0.29) is 22.4 Å². The fourth-order valence-electron chi connectivity index (χ4n) is 2.84. The predicted octanol–water partition coefficient (Wildman–Crippen LogP) is 3.89.